The Kier molecular flexibility index (Phi) is 4.98. The van der Waals surface area contributed by atoms with Gasteiger partial charge in [0.25, 0.3) is 0 Å². The van der Waals surface area contributed by atoms with E-state index in [1.165, 1.54) is 12.4 Å². The quantitative estimate of drug-likeness (QED) is 0.730. The Morgan fingerprint density at radius 3 is 2.72 bits per heavy atom. The number of benzene rings is 2. The van der Waals surface area contributed by atoms with Crippen LogP contribution in [-0.4, -0.2) is 20.7 Å². The Balaban J connectivity index is 1.68. The van der Waals surface area contributed by atoms with Crippen LogP contribution in [-0.2, 0) is 11.3 Å². The maximum atomic E-state index is 12.2. The average molecular weight is 329 g/mol. The smallest absolute Gasteiger partial charge is 0.248 e. The van der Waals surface area contributed by atoms with Crippen molar-refractivity contribution in [1.82, 2.24) is 14.8 Å². The first-order valence-corrected chi connectivity index (χ1v) is 7.64. The van der Waals surface area contributed by atoms with Crippen molar-refractivity contribution in [2.45, 2.75) is 6.54 Å². The highest BCUT2D eigenvalue weighted by atomic mass is 16.1. The zero-order chi connectivity index (χ0) is 17.5. The Bertz CT molecular complexity index is 921. The lowest BCUT2D eigenvalue weighted by Gasteiger charge is -2.09. The maximum absolute atomic E-state index is 12.2. The number of nitriles is 1. The minimum atomic E-state index is -0.226. The molecule has 0 saturated heterocycles. The second kappa shape index (κ2) is 7.70. The number of para-hydroxylation sites is 1. The molecule has 6 heteroatoms. The van der Waals surface area contributed by atoms with Gasteiger partial charge in [-0.2, -0.15) is 10.4 Å². The molecule has 6 nitrogen and oxygen atoms in total. The summed E-state index contributed by atoms with van der Waals surface area (Å²) in [5, 5.41) is 15.7. The SMILES string of the molecule is N#Cc1ccc(/C=C\C(=O)Nc2ccccc2Cn2cncn2)cc1. The summed E-state index contributed by atoms with van der Waals surface area (Å²) >= 11 is 0. The molecule has 0 saturated carbocycles. The fourth-order valence-electron chi connectivity index (χ4n) is 2.28. The number of carbonyl (C=O) groups is 1. The van der Waals surface area contributed by atoms with Gasteiger partial charge in [-0.3, -0.25) is 4.79 Å². The van der Waals surface area contributed by atoms with E-state index in [-0.39, 0.29) is 5.91 Å². The summed E-state index contributed by atoms with van der Waals surface area (Å²) in [5.74, 6) is -0.226. The van der Waals surface area contributed by atoms with Crippen LogP contribution in [0.2, 0.25) is 0 Å². The van der Waals surface area contributed by atoms with Crippen molar-refractivity contribution in [2.24, 2.45) is 0 Å². The van der Waals surface area contributed by atoms with Gasteiger partial charge in [-0.15, -0.1) is 0 Å². The maximum Gasteiger partial charge on any atom is 0.248 e. The van der Waals surface area contributed by atoms with Gasteiger partial charge in [0, 0.05) is 11.8 Å². The number of aromatic nitrogens is 3. The topological polar surface area (TPSA) is 83.6 Å². The Morgan fingerprint density at radius 1 is 1.20 bits per heavy atom. The number of carbonyl (C=O) groups excluding carboxylic acids is 1. The highest BCUT2D eigenvalue weighted by Crippen LogP contribution is 2.16. The second-order valence-electron chi connectivity index (χ2n) is 5.31. The van der Waals surface area contributed by atoms with Gasteiger partial charge in [0.05, 0.1) is 18.2 Å². The lowest BCUT2D eigenvalue weighted by Crippen LogP contribution is -2.11. The summed E-state index contributed by atoms with van der Waals surface area (Å²) in [6.07, 6.45) is 6.27. The largest absolute Gasteiger partial charge is 0.322 e. The van der Waals surface area contributed by atoms with E-state index in [1.807, 2.05) is 24.3 Å². The molecule has 1 amide bonds. The first-order chi connectivity index (χ1) is 12.2. The highest BCUT2D eigenvalue weighted by Gasteiger charge is 2.05. The molecule has 1 N–H and O–H groups in total. The Morgan fingerprint density at radius 2 is 2.00 bits per heavy atom. The van der Waals surface area contributed by atoms with Crippen molar-refractivity contribution in [1.29, 1.82) is 5.26 Å². The lowest BCUT2D eigenvalue weighted by molar-refractivity contribution is -0.111. The van der Waals surface area contributed by atoms with Gasteiger partial charge in [-0.1, -0.05) is 30.3 Å². The molecule has 1 heterocycles. The van der Waals surface area contributed by atoms with Crippen LogP contribution in [0, 0.1) is 11.3 Å². The van der Waals surface area contributed by atoms with Crippen LogP contribution in [0.3, 0.4) is 0 Å². The van der Waals surface area contributed by atoms with Crippen molar-refractivity contribution in [3.63, 3.8) is 0 Å². The third kappa shape index (κ3) is 4.39. The Labute approximate surface area is 145 Å². The number of nitrogens with zero attached hydrogens (tertiary/aromatic N) is 4. The molecule has 3 aromatic rings. The third-order valence-electron chi connectivity index (χ3n) is 3.54. The number of nitrogens with one attached hydrogen (secondary N) is 1. The highest BCUT2D eigenvalue weighted by molar-refractivity contribution is 6.02. The molecule has 0 unspecified atom stereocenters. The molecule has 2 aromatic carbocycles. The molecule has 0 aliphatic rings. The molecule has 0 fully saturated rings. The zero-order valence-corrected chi connectivity index (χ0v) is 13.3. The second-order valence-corrected chi connectivity index (χ2v) is 5.31. The fourth-order valence-corrected chi connectivity index (χ4v) is 2.28. The van der Waals surface area contributed by atoms with E-state index in [2.05, 4.69) is 21.5 Å². The molecule has 0 aliphatic heterocycles. The number of anilines is 1. The molecule has 0 bridgehead atoms. The lowest BCUT2D eigenvalue weighted by atomic mass is 10.1. The van der Waals surface area contributed by atoms with Gasteiger partial charge in [0.1, 0.15) is 12.7 Å². The number of amides is 1. The van der Waals surface area contributed by atoms with Crippen LogP contribution in [0.1, 0.15) is 16.7 Å². The third-order valence-corrected chi connectivity index (χ3v) is 3.54. The molecule has 0 atom stereocenters. The van der Waals surface area contributed by atoms with E-state index in [4.69, 9.17) is 5.26 Å². The molecular weight excluding hydrogens is 314 g/mol. The van der Waals surface area contributed by atoms with E-state index in [0.29, 0.717) is 12.1 Å². The van der Waals surface area contributed by atoms with E-state index >= 15 is 0 Å². The molecule has 25 heavy (non-hydrogen) atoms. The van der Waals surface area contributed by atoms with Gasteiger partial charge in [-0.25, -0.2) is 9.67 Å². The van der Waals surface area contributed by atoms with Crippen LogP contribution in [0.5, 0.6) is 0 Å². The average Bonchev–Trinajstić information content (AvgIpc) is 3.15. The van der Waals surface area contributed by atoms with Gasteiger partial charge >= 0.3 is 0 Å². The monoisotopic (exact) mass is 329 g/mol. The molecule has 122 valence electrons. The number of hydrogen-bond acceptors (Lipinski definition) is 4. The molecule has 3 rings (SSSR count). The van der Waals surface area contributed by atoms with Gasteiger partial charge < -0.3 is 5.32 Å². The van der Waals surface area contributed by atoms with E-state index in [1.54, 1.807) is 41.4 Å². The molecule has 0 aliphatic carbocycles. The van der Waals surface area contributed by atoms with Crippen molar-refractivity contribution in [3.8, 4) is 6.07 Å². The van der Waals surface area contributed by atoms with E-state index < -0.39 is 0 Å². The zero-order valence-electron chi connectivity index (χ0n) is 13.3. The minimum absolute atomic E-state index is 0.226. The van der Waals surface area contributed by atoms with Crippen molar-refractivity contribution < 1.29 is 4.79 Å². The summed E-state index contributed by atoms with van der Waals surface area (Å²) in [4.78, 5) is 16.1. The first-order valence-electron chi connectivity index (χ1n) is 7.64. The number of hydrogen-bond donors (Lipinski definition) is 1. The molecule has 0 spiro atoms. The Hall–Kier alpha value is -3.72. The van der Waals surface area contributed by atoms with Gasteiger partial charge in [0.2, 0.25) is 5.91 Å². The van der Waals surface area contributed by atoms with E-state index in [0.717, 1.165) is 16.8 Å². The minimum Gasteiger partial charge on any atom is -0.322 e. The molecule has 1 aromatic heterocycles. The summed E-state index contributed by atoms with van der Waals surface area (Å²) in [7, 11) is 0. The fraction of sp³-hybridized carbons (Fsp3) is 0.0526. The van der Waals surface area contributed by atoms with Crippen LogP contribution >= 0.6 is 0 Å². The van der Waals surface area contributed by atoms with Crippen LogP contribution in [0.4, 0.5) is 5.69 Å². The summed E-state index contributed by atoms with van der Waals surface area (Å²) in [5.41, 5.74) is 3.11. The predicted octanol–water partition coefficient (Wildman–Crippen LogP) is 2.85. The van der Waals surface area contributed by atoms with Crippen LogP contribution in [0.25, 0.3) is 6.08 Å². The summed E-state index contributed by atoms with van der Waals surface area (Å²) in [6.45, 7) is 0.524. The molecular formula is C19H15N5O. The standard InChI is InChI=1S/C19H15N5O/c20-11-16-7-5-15(6-8-16)9-10-19(25)23-18-4-2-1-3-17(18)12-24-14-21-13-22-24/h1-10,13-14H,12H2,(H,23,25)/b10-9-. The first kappa shape index (κ1) is 16.1. The van der Waals surface area contributed by atoms with Crippen molar-refractivity contribution in [3.05, 3.63) is 84.0 Å². The predicted molar refractivity (Wildman–Crippen MR) is 94.4 cm³/mol. The van der Waals surface area contributed by atoms with Crippen molar-refractivity contribution >= 4 is 17.7 Å². The van der Waals surface area contributed by atoms with Gasteiger partial charge in [0.15, 0.2) is 0 Å². The summed E-state index contributed by atoms with van der Waals surface area (Å²) in [6, 6.07) is 16.6. The van der Waals surface area contributed by atoms with Crippen LogP contribution in [0.15, 0.2) is 67.3 Å². The van der Waals surface area contributed by atoms with E-state index in [9.17, 15) is 4.79 Å². The molecule has 0 radical (unpaired) electrons. The van der Waals surface area contributed by atoms with Gasteiger partial charge in [-0.05, 0) is 35.4 Å². The normalized spacial score (nSPS) is 10.5. The van der Waals surface area contributed by atoms with Crippen molar-refractivity contribution in [2.75, 3.05) is 5.32 Å². The van der Waals surface area contributed by atoms with Crippen LogP contribution < -0.4 is 5.32 Å². The number of rotatable bonds is 5. The summed E-state index contributed by atoms with van der Waals surface area (Å²) < 4.78 is 1.69.